The molecule has 0 saturated carbocycles. The lowest BCUT2D eigenvalue weighted by Crippen LogP contribution is -2.17. The lowest BCUT2D eigenvalue weighted by molar-refractivity contribution is -0.136. The van der Waals surface area contributed by atoms with Crippen molar-refractivity contribution in [3.05, 3.63) is 22.5 Å². The minimum absolute atomic E-state index is 0.322. The van der Waals surface area contributed by atoms with E-state index in [1.54, 1.807) is 0 Å². The van der Waals surface area contributed by atoms with Crippen LogP contribution in [0.2, 0.25) is 0 Å². The predicted octanol–water partition coefficient (Wildman–Crippen LogP) is 1.95. The number of aliphatic imine (C=N–C) groups is 1. The fraction of sp³-hybridized carbons (Fsp3) is 0.250. The van der Waals surface area contributed by atoms with Crippen LogP contribution in [0.5, 0.6) is 0 Å². The van der Waals surface area contributed by atoms with Gasteiger partial charge in [-0.25, -0.2) is 9.79 Å². The van der Waals surface area contributed by atoms with Gasteiger partial charge in [0.1, 0.15) is 5.70 Å². The fourth-order valence-electron chi connectivity index (χ4n) is 0.809. The molecule has 0 aliphatic carbocycles. The Morgan fingerprint density at radius 3 is 2.93 bits per heavy atom. The van der Waals surface area contributed by atoms with Crippen molar-refractivity contribution in [2.45, 2.75) is 6.92 Å². The molecule has 1 aliphatic heterocycles. The lowest BCUT2D eigenvalue weighted by atomic mass is 10.3. The van der Waals surface area contributed by atoms with Gasteiger partial charge < -0.3 is 9.46 Å². The Kier molecular flexibility index (Phi) is 3.77. The number of hydrogen-bond donors (Lipinski definition) is 1. The van der Waals surface area contributed by atoms with Gasteiger partial charge >= 0.3 is 5.97 Å². The van der Waals surface area contributed by atoms with E-state index in [4.69, 9.17) is 0 Å². The third-order valence-electron chi connectivity index (χ3n) is 1.46. The zero-order valence-electron chi connectivity index (χ0n) is 7.76. The van der Waals surface area contributed by atoms with Crippen LogP contribution in [0.4, 0.5) is 0 Å². The molecule has 0 unspecified atom stereocenters. The molecule has 4 nitrogen and oxygen atoms in total. The highest BCUT2D eigenvalue weighted by atomic mass is 79.9. The van der Waals surface area contributed by atoms with Crippen LogP contribution in [-0.2, 0) is 9.53 Å². The molecule has 1 rings (SSSR count). The first-order valence-electron chi connectivity index (χ1n) is 3.71. The molecule has 1 aliphatic rings. The van der Waals surface area contributed by atoms with E-state index in [-0.39, 0.29) is 0 Å². The molecule has 0 aromatic heterocycles. The summed E-state index contributed by atoms with van der Waals surface area (Å²) < 4.78 is 7.97. The largest absolute Gasteiger partial charge is 0.464 e. The smallest absolute Gasteiger partial charge is 0.356 e. The number of halogens is 1. The molecule has 0 radical (unpaired) electrons. The van der Waals surface area contributed by atoms with Crippen LogP contribution in [0.25, 0.3) is 0 Å². The number of rotatable bonds is 1. The van der Waals surface area contributed by atoms with E-state index in [0.717, 1.165) is 5.04 Å². The van der Waals surface area contributed by atoms with Gasteiger partial charge in [-0.05, 0) is 22.9 Å². The summed E-state index contributed by atoms with van der Waals surface area (Å²) in [5.41, 5.74) is 0.823. The number of nitrogens with one attached hydrogen (secondary N) is 1. The summed E-state index contributed by atoms with van der Waals surface area (Å²) in [6.07, 6.45) is 0. The van der Waals surface area contributed by atoms with Crippen molar-refractivity contribution in [1.82, 2.24) is 4.72 Å². The summed E-state index contributed by atoms with van der Waals surface area (Å²) in [5.74, 6) is -0.449. The summed E-state index contributed by atoms with van der Waals surface area (Å²) in [6.45, 7) is 5.54. The SMILES string of the molecule is C=C1N=C(C)SNC(C(=O)OC)=C1Br. The topological polar surface area (TPSA) is 50.7 Å². The first kappa shape index (κ1) is 11.3. The van der Waals surface area contributed by atoms with Gasteiger partial charge in [0.25, 0.3) is 0 Å². The van der Waals surface area contributed by atoms with Crippen molar-refractivity contribution < 1.29 is 9.53 Å². The van der Waals surface area contributed by atoms with E-state index < -0.39 is 5.97 Å². The van der Waals surface area contributed by atoms with Crippen molar-refractivity contribution in [3.8, 4) is 0 Å². The summed E-state index contributed by atoms with van der Waals surface area (Å²) >= 11 is 4.48. The molecular weight excluding hydrogens is 268 g/mol. The molecule has 0 fully saturated rings. The van der Waals surface area contributed by atoms with Crippen LogP contribution in [-0.4, -0.2) is 18.1 Å². The lowest BCUT2D eigenvalue weighted by Gasteiger charge is -2.06. The Morgan fingerprint density at radius 2 is 2.36 bits per heavy atom. The maximum Gasteiger partial charge on any atom is 0.356 e. The quantitative estimate of drug-likeness (QED) is 0.588. The van der Waals surface area contributed by atoms with Gasteiger partial charge in [0.15, 0.2) is 0 Å². The standard InChI is InChI=1S/C8H9BrN2O2S/c1-4-6(9)7(8(12)13-3)11-14-5(2)10-4/h11H,1H2,2-3H3. The van der Waals surface area contributed by atoms with Crippen LogP contribution >= 0.6 is 27.9 Å². The Balaban J connectivity index is 3.03. The van der Waals surface area contributed by atoms with Gasteiger partial charge in [0.05, 0.1) is 22.3 Å². The van der Waals surface area contributed by atoms with Crippen molar-refractivity contribution in [2.24, 2.45) is 4.99 Å². The number of methoxy groups -OCH3 is 1. The average Bonchev–Trinajstić information content (AvgIpc) is 2.27. The highest BCUT2D eigenvalue weighted by molar-refractivity contribution is 9.12. The number of ether oxygens (including phenoxy) is 1. The Labute approximate surface area is 94.8 Å². The fourth-order valence-corrected chi connectivity index (χ4v) is 1.88. The molecule has 14 heavy (non-hydrogen) atoms. The normalized spacial score (nSPS) is 17.1. The molecule has 0 aromatic rings. The van der Waals surface area contributed by atoms with Crippen molar-refractivity contribution >= 4 is 38.9 Å². The van der Waals surface area contributed by atoms with Crippen LogP contribution in [0.15, 0.2) is 27.4 Å². The minimum Gasteiger partial charge on any atom is -0.464 e. The molecule has 0 aromatic carbocycles. The van der Waals surface area contributed by atoms with Gasteiger partial charge in [-0.2, -0.15) is 0 Å². The van der Waals surface area contributed by atoms with E-state index in [1.807, 2.05) is 6.92 Å². The number of nitrogens with zero attached hydrogens (tertiary/aromatic N) is 1. The van der Waals surface area contributed by atoms with Crippen LogP contribution in [0.1, 0.15) is 6.92 Å². The summed E-state index contributed by atoms with van der Waals surface area (Å²) in [7, 11) is 1.32. The van der Waals surface area contributed by atoms with Crippen LogP contribution < -0.4 is 4.72 Å². The molecule has 0 amide bonds. The number of allylic oxidation sites excluding steroid dienone is 1. The maximum atomic E-state index is 11.3. The van der Waals surface area contributed by atoms with Gasteiger partial charge in [-0.3, -0.25) is 0 Å². The zero-order chi connectivity index (χ0) is 10.7. The molecule has 6 heteroatoms. The van der Waals surface area contributed by atoms with Crippen molar-refractivity contribution in [2.75, 3.05) is 7.11 Å². The van der Waals surface area contributed by atoms with E-state index in [2.05, 4.69) is 37.0 Å². The van der Waals surface area contributed by atoms with Gasteiger partial charge in [-0.1, -0.05) is 6.58 Å². The highest BCUT2D eigenvalue weighted by Gasteiger charge is 2.19. The van der Waals surface area contributed by atoms with E-state index in [9.17, 15) is 4.79 Å². The van der Waals surface area contributed by atoms with Crippen molar-refractivity contribution in [3.63, 3.8) is 0 Å². The van der Waals surface area contributed by atoms with Gasteiger partial charge in [0, 0.05) is 11.9 Å². The minimum atomic E-state index is -0.449. The molecule has 0 spiro atoms. The molecule has 0 saturated heterocycles. The molecule has 0 bridgehead atoms. The number of carbonyl (C=O) groups is 1. The monoisotopic (exact) mass is 276 g/mol. The first-order chi connectivity index (χ1) is 6.56. The number of carbonyl (C=O) groups excluding carboxylic acids is 1. The number of hydrogen-bond acceptors (Lipinski definition) is 5. The summed E-state index contributed by atoms with van der Waals surface area (Å²) in [4.78, 5) is 15.4. The predicted molar refractivity (Wildman–Crippen MR) is 60.9 cm³/mol. The molecule has 76 valence electrons. The number of esters is 1. The average molecular weight is 277 g/mol. The maximum absolute atomic E-state index is 11.3. The second-order valence-corrected chi connectivity index (χ2v) is 4.25. The van der Waals surface area contributed by atoms with Crippen molar-refractivity contribution in [1.29, 1.82) is 0 Å². The second-order valence-electron chi connectivity index (χ2n) is 2.46. The first-order valence-corrected chi connectivity index (χ1v) is 5.32. The van der Waals surface area contributed by atoms with E-state index in [0.29, 0.717) is 15.9 Å². The summed E-state index contributed by atoms with van der Waals surface area (Å²) in [6, 6.07) is 0. The third kappa shape index (κ3) is 2.39. The highest BCUT2D eigenvalue weighted by Crippen LogP contribution is 2.26. The Morgan fingerprint density at radius 1 is 1.71 bits per heavy atom. The van der Waals surface area contributed by atoms with Crippen LogP contribution in [0.3, 0.4) is 0 Å². The van der Waals surface area contributed by atoms with E-state index in [1.165, 1.54) is 19.1 Å². The molecular formula is C8H9BrN2O2S. The van der Waals surface area contributed by atoms with Gasteiger partial charge in [-0.15, -0.1) is 0 Å². The zero-order valence-corrected chi connectivity index (χ0v) is 10.2. The van der Waals surface area contributed by atoms with Crippen LogP contribution in [0, 0.1) is 0 Å². The van der Waals surface area contributed by atoms with E-state index >= 15 is 0 Å². The molecule has 0 atom stereocenters. The Hall–Kier alpha value is -0.750. The Bertz CT molecular complexity index is 349. The van der Waals surface area contributed by atoms with Gasteiger partial charge in [0.2, 0.25) is 0 Å². The second kappa shape index (κ2) is 4.65. The summed E-state index contributed by atoms with van der Waals surface area (Å²) in [5, 5.41) is 0.783. The molecule has 1 N–H and O–H groups in total. The third-order valence-corrected chi connectivity index (χ3v) is 3.00. The molecule has 1 heterocycles.